The smallest absolute Gasteiger partial charge is 0.340 e. The normalized spacial score (nSPS) is 10.2. The van der Waals surface area contributed by atoms with E-state index in [1.54, 1.807) is 0 Å². The van der Waals surface area contributed by atoms with Crippen LogP contribution < -0.4 is 11.1 Å². The zero-order chi connectivity index (χ0) is 15.6. The molecule has 21 heavy (non-hydrogen) atoms. The second-order valence-corrected chi connectivity index (χ2v) is 5.01. The predicted molar refractivity (Wildman–Crippen MR) is 79.9 cm³/mol. The predicted octanol–water partition coefficient (Wildman–Crippen LogP) is 3.12. The number of carbonyl (C=O) groups is 2. The number of carboxylic acid groups (broad SMARTS) is 1. The highest BCUT2D eigenvalue weighted by molar-refractivity contribution is 9.10. The summed E-state index contributed by atoms with van der Waals surface area (Å²) in [6.45, 7) is 0. The van der Waals surface area contributed by atoms with E-state index in [-0.39, 0.29) is 11.3 Å². The minimum Gasteiger partial charge on any atom is -0.478 e. The number of carbonyl (C=O) groups excluding carboxylic acids is 1. The van der Waals surface area contributed by atoms with E-state index in [4.69, 9.17) is 10.8 Å². The Kier molecular flexibility index (Phi) is 4.23. The van der Waals surface area contributed by atoms with Crippen LogP contribution in [0.1, 0.15) is 20.7 Å². The molecule has 0 heterocycles. The van der Waals surface area contributed by atoms with Gasteiger partial charge in [-0.3, -0.25) is 4.79 Å². The summed E-state index contributed by atoms with van der Waals surface area (Å²) < 4.78 is 14.0. The topological polar surface area (TPSA) is 92.4 Å². The molecule has 2 rings (SSSR count). The van der Waals surface area contributed by atoms with Gasteiger partial charge in [-0.15, -0.1) is 0 Å². The van der Waals surface area contributed by atoms with Crippen LogP contribution in [0.25, 0.3) is 0 Å². The third-order valence-electron chi connectivity index (χ3n) is 2.74. The number of nitrogens with two attached hydrogens (primary N) is 1. The maximum atomic E-state index is 13.5. The quantitative estimate of drug-likeness (QED) is 0.740. The number of amides is 1. The van der Waals surface area contributed by atoms with Crippen molar-refractivity contribution in [1.29, 1.82) is 0 Å². The second-order valence-electron chi connectivity index (χ2n) is 4.16. The Balaban J connectivity index is 2.34. The van der Waals surface area contributed by atoms with Crippen LogP contribution in [-0.4, -0.2) is 17.0 Å². The third kappa shape index (κ3) is 3.19. The van der Waals surface area contributed by atoms with Gasteiger partial charge in [-0.05, 0) is 46.3 Å². The highest BCUT2D eigenvalue weighted by atomic mass is 79.9. The minimum atomic E-state index is -1.46. The lowest BCUT2D eigenvalue weighted by atomic mass is 10.1. The molecule has 0 spiro atoms. The van der Waals surface area contributed by atoms with Crippen LogP contribution in [0.15, 0.2) is 40.9 Å². The fourth-order valence-electron chi connectivity index (χ4n) is 1.71. The van der Waals surface area contributed by atoms with Crippen molar-refractivity contribution in [3.8, 4) is 0 Å². The number of halogens is 2. The van der Waals surface area contributed by atoms with Gasteiger partial charge in [0.1, 0.15) is 11.4 Å². The largest absolute Gasteiger partial charge is 0.478 e. The van der Waals surface area contributed by atoms with Crippen LogP contribution in [0.2, 0.25) is 0 Å². The summed E-state index contributed by atoms with van der Waals surface area (Å²) in [5.41, 5.74) is 5.65. The molecular weight excluding hydrogens is 343 g/mol. The van der Waals surface area contributed by atoms with Gasteiger partial charge in [0.05, 0.1) is 5.69 Å². The number of benzene rings is 2. The molecule has 7 heteroatoms. The molecular formula is C14H10BrFN2O3. The van der Waals surface area contributed by atoms with E-state index in [1.807, 2.05) is 0 Å². The van der Waals surface area contributed by atoms with Crippen molar-refractivity contribution in [3.05, 3.63) is 57.8 Å². The Morgan fingerprint density at radius 2 is 1.95 bits per heavy atom. The fraction of sp³-hybridized carbons (Fsp3) is 0. The molecule has 0 fully saturated rings. The molecule has 0 aliphatic carbocycles. The molecule has 5 nitrogen and oxygen atoms in total. The summed E-state index contributed by atoms with van der Waals surface area (Å²) in [4.78, 5) is 23.1. The summed E-state index contributed by atoms with van der Waals surface area (Å²) in [5.74, 6) is -2.94. The molecule has 0 saturated heterocycles. The van der Waals surface area contributed by atoms with Crippen LogP contribution in [0.4, 0.5) is 15.8 Å². The van der Waals surface area contributed by atoms with E-state index in [1.165, 1.54) is 30.3 Å². The monoisotopic (exact) mass is 352 g/mol. The van der Waals surface area contributed by atoms with Gasteiger partial charge in [0.15, 0.2) is 0 Å². The van der Waals surface area contributed by atoms with E-state index in [2.05, 4.69) is 21.2 Å². The zero-order valence-corrected chi connectivity index (χ0v) is 12.1. The van der Waals surface area contributed by atoms with Gasteiger partial charge in [0.25, 0.3) is 5.91 Å². The first-order valence-electron chi connectivity index (χ1n) is 5.78. The summed E-state index contributed by atoms with van der Waals surface area (Å²) >= 11 is 3.19. The van der Waals surface area contributed by atoms with Crippen molar-refractivity contribution < 1.29 is 19.1 Å². The first-order valence-corrected chi connectivity index (χ1v) is 6.57. The Bertz CT molecular complexity index is 734. The van der Waals surface area contributed by atoms with Gasteiger partial charge in [0.2, 0.25) is 0 Å². The lowest BCUT2D eigenvalue weighted by Crippen LogP contribution is -2.16. The van der Waals surface area contributed by atoms with Crippen LogP contribution in [0, 0.1) is 5.82 Å². The Morgan fingerprint density at radius 3 is 2.57 bits per heavy atom. The van der Waals surface area contributed by atoms with Gasteiger partial charge in [-0.1, -0.05) is 6.07 Å². The summed E-state index contributed by atoms with van der Waals surface area (Å²) in [7, 11) is 0. The number of hydrogen-bond donors (Lipinski definition) is 3. The molecule has 0 unspecified atom stereocenters. The first-order chi connectivity index (χ1) is 9.90. The average molecular weight is 353 g/mol. The van der Waals surface area contributed by atoms with Gasteiger partial charge >= 0.3 is 5.97 Å². The Morgan fingerprint density at radius 1 is 1.24 bits per heavy atom. The maximum Gasteiger partial charge on any atom is 0.340 e. The Hall–Kier alpha value is -2.41. The molecule has 0 saturated carbocycles. The second kappa shape index (κ2) is 5.92. The molecule has 0 aromatic heterocycles. The van der Waals surface area contributed by atoms with Crippen molar-refractivity contribution in [2.24, 2.45) is 0 Å². The molecule has 1 amide bonds. The van der Waals surface area contributed by atoms with Crippen LogP contribution in [0.5, 0.6) is 0 Å². The van der Waals surface area contributed by atoms with Gasteiger partial charge < -0.3 is 16.2 Å². The number of carboxylic acids is 1. The molecule has 0 bridgehead atoms. The first kappa shape index (κ1) is 15.0. The SMILES string of the molecule is Nc1ccc(C(=O)Nc2cccc(F)c2C(=O)O)cc1Br. The number of hydrogen-bond acceptors (Lipinski definition) is 3. The van der Waals surface area contributed by atoms with E-state index >= 15 is 0 Å². The number of nitrogen functional groups attached to an aromatic ring is 1. The molecule has 0 atom stereocenters. The van der Waals surface area contributed by atoms with Crippen molar-refractivity contribution >= 4 is 39.2 Å². The summed E-state index contributed by atoms with van der Waals surface area (Å²) in [6, 6.07) is 8.15. The van der Waals surface area contributed by atoms with Crippen molar-refractivity contribution in [1.82, 2.24) is 0 Å². The number of aromatic carboxylic acids is 1. The standard InChI is InChI=1S/C14H10BrFN2O3/c15-8-6-7(4-5-10(8)17)13(19)18-11-3-1-2-9(16)12(11)14(20)21/h1-6H,17H2,(H,18,19)(H,20,21). The summed E-state index contributed by atoms with van der Waals surface area (Å²) in [6.07, 6.45) is 0. The van der Waals surface area contributed by atoms with E-state index in [0.717, 1.165) is 6.07 Å². The lowest BCUT2D eigenvalue weighted by Gasteiger charge is -2.09. The molecule has 0 aliphatic rings. The molecule has 2 aromatic rings. The number of anilines is 2. The third-order valence-corrected chi connectivity index (χ3v) is 3.43. The highest BCUT2D eigenvalue weighted by Gasteiger charge is 2.18. The minimum absolute atomic E-state index is 0.111. The van der Waals surface area contributed by atoms with Crippen molar-refractivity contribution in [2.75, 3.05) is 11.1 Å². The molecule has 2 aromatic carbocycles. The fourth-order valence-corrected chi connectivity index (χ4v) is 2.09. The van der Waals surface area contributed by atoms with E-state index in [9.17, 15) is 14.0 Å². The van der Waals surface area contributed by atoms with E-state index in [0.29, 0.717) is 10.2 Å². The van der Waals surface area contributed by atoms with Crippen LogP contribution >= 0.6 is 15.9 Å². The average Bonchev–Trinajstić information content (AvgIpc) is 2.41. The van der Waals surface area contributed by atoms with Crippen LogP contribution in [0.3, 0.4) is 0 Å². The Labute approximate surface area is 127 Å². The lowest BCUT2D eigenvalue weighted by molar-refractivity contribution is 0.0693. The van der Waals surface area contributed by atoms with Crippen molar-refractivity contribution in [3.63, 3.8) is 0 Å². The summed E-state index contributed by atoms with van der Waals surface area (Å²) in [5, 5.41) is 11.4. The molecule has 0 radical (unpaired) electrons. The molecule has 4 N–H and O–H groups in total. The van der Waals surface area contributed by atoms with Gasteiger partial charge in [-0.25, -0.2) is 9.18 Å². The number of rotatable bonds is 3. The molecule has 0 aliphatic heterocycles. The van der Waals surface area contributed by atoms with Gasteiger partial charge in [0, 0.05) is 15.7 Å². The maximum absolute atomic E-state index is 13.5. The highest BCUT2D eigenvalue weighted by Crippen LogP contribution is 2.23. The van der Waals surface area contributed by atoms with E-state index < -0.39 is 23.3 Å². The van der Waals surface area contributed by atoms with Crippen LogP contribution in [-0.2, 0) is 0 Å². The number of nitrogens with one attached hydrogen (secondary N) is 1. The zero-order valence-electron chi connectivity index (χ0n) is 10.6. The van der Waals surface area contributed by atoms with Gasteiger partial charge in [-0.2, -0.15) is 0 Å². The molecule has 108 valence electrons. The van der Waals surface area contributed by atoms with Crippen molar-refractivity contribution in [2.45, 2.75) is 0 Å².